The van der Waals surface area contributed by atoms with E-state index in [-0.39, 0.29) is 24.6 Å². The van der Waals surface area contributed by atoms with Gasteiger partial charge in [-0.3, -0.25) is 14.4 Å². The van der Waals surface area contributed by atoms with E-state index < -0.39 is 67.6 Å². The minimum Gasteiger partial charge on any atom is -0.497 e. The standard InChI is InChI=1S/C44H55F2N6O7P/c1-7-56-38-36-37(48-41(49-38)50-44(31-17-11-8-12-18-31,32-19-13-9-14-20-32)33-23-25-34(55-5)26-24-33)52(28-47-36)40-42(4,45)30(3)43(46,59-40)27-57-60(6,54)51-29(2)39(53)58-35-21-15-10-16-22-35/h8-9,11-14,17-20,23-26,28-30,35-37,40H,7,10,15-16,21-22,27H2,1-6H3,(H,48,50)(H,51,54)/t29-,30-,36?,37?,40+,42+,43+,60?/m0/s1. The second kappa shape index (κ2) is 17.7. The molecule has 0 bridgehead atoms. The Hall–Kier alpha value is -4.69. The van der Waals surface area contributed by atoms with Crippen molar-refractivity contribution in [1.82, 2.24) is 15.3 Å². The third-order valence-electron chi connectivity index (χ3n) is 11.9. The third-order valence-corrected chi connectivity index (χ3v) is 13.4. The summed E-state index contributed by atoms with van der Waals surface area (Å²) >= 11 is 0. The maximum atomic E-state index is 17.1. The second-order valence-electron chi connectivity index (χ2n) is 16.0. The summed E-state index contributed by atoms with van der Waals surface area (Å²) in [6.45, 7) is 6.57. The molecule has 3 aromatic rings. The van der Waals surface area contributed by atoms with Gasteiger partial charge in [-0.1, -0.05) is 86.1 Å². The molecule has 13 nitrogen and oxygen atoms in total. The lowest BCUT2D eigenvalue weighted by molar-refractivity contribution is -0.195. The molecule has 0 spiro atoms. The summed E-state index contributed by atoms with van der Waals surface area (Å²) in [4.78, 5) is 28.7. The van der Waals surface area contributed by atoms with Crippen molar-refractivity contribution in [2.45, 2.75) is 107 Å². The topological polar surface area (TPSA) is 145 Å². The van der Waals surface area contributed by atoms with Crippen LogP contribution in [-0.4, -0.2) is 98.2 Å². The predicted molar refractivity (Wildman–Crippen MR) is 226 cm³/mol. The first kappa shape index (κ1) is 43.4. The molecular formula is C44H55F2N6O7P. The van der Waals surface area contributed by atoms with Gasteiger partial charge in [0, 0.05) is 6.66 Å². The van der Waals surface area contributed by atoms with Gasteiger partial charge in [-0.25, -0.2) is 18.9 Å². The fourth-order valence-corrected chi connectivity index (χ4v) is 9.69. The first-order valence-corrected chi connectivity index (χ1v) is 22.7. The lowest BCUT2D eigenvalue weighted by Gasteiger charge is -2.39. The fourth-order valence-electron chi connectivity index (χ4n) is 8.39. The number of hydrogen-bond donors (Lipinski definition) is 2. The normalized spacial score (nSPS) is 28.2. The van der Waals surface area contributed by atoms with Crippen molar-refractivity contribution in [1.29, 1.82) is 0 Å². The average Bonchev–Trinajstić information content (AvgIpc) is 3.75. The van der Waals surface area contributed by atoms with E-state index in [9.17, 15) is 9.36 Å². The number of nitrogens with one attached hydrogen (secondary N) is 2. The highest BCUT2D eigenvalue weighted by Crippen LogP contribution is 2.51. The number of guanidine groups is 1. The van der Waals surface area contributed by atoms with E-state index in [1.54, 1.807) is 7.11 Å². The summed E-state index contributed by atoms with van der Waals surface area (Å²) in [7, 11) is -2.21. The molecule has 0 radical (unpaired) electrons. The van der Waals surface area contributed by atoms with Crippen molar-refractivity contribution in [3.8, 4) is 5.75 Å². The van der Waals surface area contributed by atoms with Gasteiger partial charge in [-0.05, 0) is 75.3 Å². The highest BCUT2D eigenvalue weighted by atomic mass is 31.2. The molecule has 7 rings (SSSR count). The molecule has 3 unspecified atom stereocenters. The van der Waals surface area contributed by atoms with Crippen molar-refractivity contribution in [3.63, 3.8) is 0 Å². The Kier molecular flexibility index (Phi) is 12.8. The van der Waals surface area contributed by atoms with Gasteiger partial charge in [0.05, 0.1) is 26.0 Å². The number of aliphatic imine (C=N–C) groups is 3. The van der Waals surface area contributed by atoms with E-state index >= 15 is 8.78 Å². The Bertz CT molecular complexity index is 2060. The van der Waals surface area contributed by atoms with E-state index in [0.717, 1.165) is 48.8 Å². The van der Waals surface area contributed by atoms with Gasteiger partial charge in [0.1, 0.15) is 30.0 Å². The number of rotatable bonds is 14. The number of benzene rings is 3. The van der Waals surface area contributed by atoms with Gasteiger partial charge in [0.2, 0.25) is 17.7 Å². The van der Waals surface area contributed by atoms with Crippen LogP contribution in [0.1, 0.15) is 76.5 Å². The van der Waals surface area contributed by atoms with Gasteiger partial charge in [0.25, 0.3) is 7.52 Å². The lowest BCUT2D eigenvalue weighted by Crippen LogP contribution is -2.55. The molecular weight excluding hydrogens is 793 g/mol. The smallest absolute Gasteiger partial charge is 0.323 e. The number of hydrogen-bond acceptors (Lipinski definition) is 12. The Morgan fingerprint density at radius 1 is 1.00 bits per heavy atom. The molecule has 3 aliphatic heterocycles. The van der Waals surface area contributed by atoms with Crippen LogP contribution < -0.4 is 15.1 Å². The number of halogens is 2. The number of methoxy groups -OCH3 is 1. The first-order valence-electron chi connectivity index (χ1n) is 20.6. The molecule has 16 heteroatoms. The SMILES string of the molecule is CCOC1=NC(NC(c2ccccc2)(c2ccccc2)c2ccc(OC)cc2)=NC2C1N=CN2[C@@H]1O[C@](F)(COP(C)(=O)N[C@@H](C)C(=O)OC2CCCCC2)[C@@H](C)[C@@]1(C)F. The van der Waals surface area contributed by atoms with Crippen LogP contribution in [0, 0.1) is 5.92 Å². The van der Waals surface area contributed by atoms with E-state index in [1.807, 2.05) is 91.9 Å². The highest BCUT2D eigenvalue weighted by molar-refractivity contribution is 7.56. The maximum Gasteiger partial charge on any atom is 0.323 e. The van der Waals surface area contributed by atoms with Crippen LogP contribution in [0.15, 0.2) is 99.9 Å². The van der Waals surface area contributed by atoms with Gasteiger partial charge in [-0.2, -0.15) is 4.99 Å². The van der Waals surface area contributed by atoms with E-state index in [2.05, 4.69) is 15.4 Å². The van der Waals surface area contributed by atoms with Crippen molar-refractivity contribution >= 4 is 31.7 Å². The Morgan fingerprint density at radius 2 is 1.62 bits per heavy atom. The van der Waals surface area contributed by atoms with Crippen LogP contribution in [0.4, 0.5) is 8.78 Å². The Morgan fingerprint density at radius 3 is 2.22 bits per heavy atom. The van der Waals surface area contributed by atoms with Crippen molar-refractivity contribution in [3.05, 3.63) is 102 Å². The number of fused-ring (bicyclic) bond motifs is 1. The summed E-state index contributed by atoms with van der Waals surface area (Å²) in [5, 5.41) is 6.32. The molecule has 2 N–H and O–H groups in total. The van der Waals surface area contributed by atoms with Gasteiger partial charge >= 0.3 is 5.97 Å². The summed E-state index contributed by atoms with van der Waals surface area (Å²) in [5.74, 6) is -3.63. The van der Waals surface area contributed by atoms with E-state index in [0.29, 0.717) is 5.75 Å². The largest absolute Gasteiger partial charge is 0.497 e. The maximum absolute atomic E-state index is 17.1. The monoisotopic (exact) mass is 848 g/mol. The van der Waals surface area contributed by atoms with Crippen LogP contribution in [-0.2, 0) is 33.6 Å². The van der Waals surface area contributed by atoms with Crippen LogP contribution >= 0.6 is 7.52 Å². The van der Waals surface area contributed by atoms with Crippen LogP contribution in [0.3, 0.4) is 0 Å². The summed E-state index contributed by atoms with van der Waals surface area (Å²) in [5.41, 5.74) is -0.780. The quantitative estimate of drug-likeness (QED) is 0.0951. The van der Waals surface area contributed by atoms with Crippen LogP contribution in [0.2, 0.25) is 0 Å². The third kappa shape index (κ3) is 8.72. The fraction of sp³-hybridized carbons (Fsp3) is 0.500. The number of ether oxygens (including phenoxy) is 4. The molecule has 1 saturated carbocycles. The molecule has 3 heterocycles. The summed E-state index contributed by atoms with van der Waals surface area (Å²) in [6, 6.07) is 25.6. The first-order chi connectivity index (χ1) is 28.7. The molecule has 1 aliphatic carbocycles. The van der Waals surface area contributed by atoms with Gasteiger partial charge in [-0.15, -0.1) is 0 Å². The van der Waals surface area contributed by atoms with E-state index in [1.165, 1.54) is 38.7 Å². The zero-order chi connectivity index (χ0) is 42.7. The van der Waals surface area contributed by atoms with Crippen LogP contribution in [0.25, 0.3) is 0 Å². The predicted octanol–water partition coefficient (Wildman–Crippen LogP) is 7.50. The van der Waals surface area contributed by atoms with Crippen LogP contribution in [0.5, 0.6) is 5.75 Å². The molecule has 8 atom stereocenters. The minimum absolute atomic E-state index is 0.161. The zero-order valence-corrected chi connectivity index (χ0v) is 35.8. The molecule has 4 aliphatic rings. The summed E-state index contributed by atoms with van der Waals surface area (Å²) in [6.07, 6.45) is 3.29. The number of alkyl halides is 2. The number of carbonyl (C=O) groups is 1. The molecule has 60 heavy (non-hydrogen) atoms. The average molecular weight is 849 g/mol. The van der Waals surface area contributed by atoms with Gasteiger partial charge < -0.3 is 33.7 Å². The van der Waals surface area contributed by atoms with E-state index in [4.69, 9.17) is 33.5 Å². The van der Waals surface area contributed by atoms with Crippen molar-refractivity contribution in [2.75, 3.05) is 27.0 Å². The lowest BCUT2D eigenvalue weighted by atomic mass is 9.77. The summed E-state index contributed by atoms with van der Waals surface area (Å²) < 4.78 is 76.3. The Labute approximate surface area is 350 Å². The minimum atomic E-state index is -3.82. The molecule has 1 saturated heterocycles. The zero-order valence-electron chi connectivity index (χ0n) is 34.9. The van der Waals surface area contributed by atoms with Crippen molar-refractivity contribution < 1.29 is 41.6 Å². The van der Waals surface area contributed by atoms with Crippen molar-refractivity contribution in [2.24, 2.45) is 20.9 Å². The number of nitrogens with zero attached hydrogens (tertiary/aromatic N) is 4. The number of carbonyl (C=O) groups excluding carboxylic acids is 1. The molecule has 0 amide bonds. The second-order valence-corrected chi connectivity index (χ2v) is 18.2. The molecule has 3 aromatic carbocycles. The molecule has 2 fully saturated rings. The molecule has 322 valence electrons. The Balaban J connectivity index is 1.16. The molecule has 0 aromatic heterocycles. The highest BCUT2D eigenvalue weighted by Gasteiger charge is 2.65. The number of esters is 1. The van der Waals surface area contributed by atoms with Gasteiger partial charge in [0.15, 0.2) is 24.1 Å².